The lowest BCUT2D eigenvalue weighted by atomic mass is 10.1. The van der Waals surface area contributed by atoms with Gasteiger partial charge in [0.2, 0.25) is 0 Å². The Kier molecular flexibility index (Phi) is 4.21. The first-order valence-corrected chi connectivity index (χ1v) is 3.15. The number of hydrogen-bond donors (Lipinski definition) is 0. The fourth-order valence-corrected chi connectivity index (χ4v) is 0.546. The summed E-state index contributed by atoms with van der Waals surface area (Å²) in [6.45, 7) is 9.06. The van der Waals surface area contributed by atoms with Gasteiger partial charge in [-0.05, 0) is 18.9 Å². The van der Waals surface area contributed by atoms with E-state index < -0.39 is 0 Å². The van der Waals surface area contributed by atoms with E-state index in [4.69, 9.17) is 0 Å². The molecule has 10 heavy (non-hydrogen) atoms. The molecule has 0 saturated heterocycles. The van der Waals surface area contributed by atoms with Crippen LogP contribution in [0.25, 0.3) is 0 Å². The number of carbonyl (C=O) groups is 1. The van der Waals surface area contributed by atoms with Crippen LogP contribution in [0.15, 0.2) is 36.5 Å². The van der Waals surface area contributed by atoms with Crippen molar-refractivity contribution in [1.29, 1.82) is 0 Å². The number of rotatable bonds is 4. The lowest BCUT2D eigenvalue weighted by molar-refractivity contribution is -0.105. The van der Waals surface area contributed by atoms with E-state index in [1.54, 1.807) is 12.2 Å². The molecule has 0 heterocycles. The van der Waals surface area contributed by atoms with Gasteiger partial charge in [-0.1, -0.05) is 30.9 Å². The summed E-state index contributed by atoms with van der Waals surface area (Å²) in [5, 5.41) is 0. The maximum atomic E-state index is 10.2. The first kappa shape index (κ1) is 8.89. The first-order chi connectivity index (χ1) is 4.74. The van der Waals surface area contributed by atoms with Crippen molar-refractivity contribution in [3.8, 4) is 0 Å². The van der Waals surface area contributed by atoms with Crippen LogP contribution in [0, 0.1) is 0 Å². The minimum Gasteiger partial charge on any atom is -0.298 e. The Balaban J connectivity index is 3.99. The molecular weight excluding hydrogens is 124 g/mol. The van der Waals surface area contributed by atoms with Crippen molar-refractivity contribution in [2.45, 2.75) is 13.3 Å². The van der Waals surface area contributed by atoms with Gasteiger partial charge in [-0.3, -0.25) is 4.79 Å². The molecule has 1 heteroatoms. The molecule has 0 aromatic heterocycles. The number of hydrogen-bond acceptors (Lipinski definition) is 1. The molecule has 0 aliphatic heterocycles. The van der Waals surface area contributed by atoms with Gasteiger partial charge in [-0.2, -0.15) is 0 Å². The van der Waals surface area contributed by atoms with Crippen LogP contribution in [-0.2, 0) is 4.79 Å². The molecule has 0 atom stereocenters. The molecule has 0 saturated carbocycles. The minimum atomic E-state index is 0.615. The second-order valence-corrected chi connectivity index (χ2v) is 2.02. The Morgan fingerprint density at radius 2 is 2.20 bits per heavy atom. The molecule has 0 aliphatic rings. The second kappa shape index (κ2) is 4.74. The van der Waals surface area contributed by atoms with Gasteiger partial charge in [0.15, 0.2) is 0 Å². The van der Waals surface area contributed by atoms with Crippen molar-refractivity contribution in [2.75, 3.05) is 0 Å². The van der Waals surface area contributed by atoms with Gasteiger partial charge in [0.1, 0.15) is 6.29 Å². The molecular formula is C9H12O. The summed E-state index contributed by atoms with van der Waals surface area (Å²) in [5.74, 6) is 0. The van der Waals surface area contributed by atoms with Crippen LogP contribution in [0.2, 0.25) is 0 Å². The molecule has 0 N–H and O–H groups in total. The summed E-state index contributed by atoms with van der Waals surface area (Å²) >= 11 is 0. The fraction of sp³-hybridized carbons (Fsp3) is 0.222. The highest BCUT2D eigenvalue weighted by Gasteiger charge is 1.93. The monoisotopic (exact) mass is 136 g/mol. The van der Waals surface area contributed by atoms with E-state index in [0.717, 1.165) is 17.4 Å². The zero-order chi connectivity index (χ0) is 7.98. The summed E-state index contributed by atoms with van der Waals surface area (Å²) in [4.78, 5) is 10.2. The molecule has 1 nitrogen and oxygen atoms in total. The van der Waals surface area contributed by atoms with Crippen LogP contribution in [0.3, 0.4) is 0 Å². The van der Waals surface area contributed by atoms with E-state index in [2.05, 4.69) is 13.2 Å². The average Bonchev–Trinajstić information content (AvgIpc) is 1.99. The third-order valence-electron chi connectivity index (χ3n) is 1.24. The highest BCUT2D eigenvalue weighted by molar-refractivity contribution is 5.73. The van der Waals surface area contributed by atoms with E-state index in [1.165, 1.54) is 0 Å². The van der Waals surface area contributed by atoms with Crippen LogP contribution < -0.4 is 0 Å². The topological polar surface area (TPSA) is 17.1 Å². The van der Waals surface area contributed by atoms with Gasteiger partial charge in [-0.15, -0.1) is 0 Å². The second-order valence-electron chi connectivity index (χ2n) is 2.02. The van der Waals surface area contributed by atoms with Crippen molar-refractivity contribution < 1.29 is 4.79 Å². The summed E-state index contributed by atoms with van der Waals surface area (Å²) in [7, 11) is 0. The van der Waals surface area contributed by atoms with E-state index in [1.807, 2.05) is 6.92 Å². The maximum absolute atomic E-state index is 10.2. The molecule has 0 bridgehead atoms. The lowest BCUT2D eigenvalue weighted by Gasteiger charge is -1.96. The number of carbonyl (C=O) groups excluding carboxylic acids is 1. The predicted octanol–water partition coefficient (Wildman–Crippen LogP) is 2.26. The van der Waals surface area contributed by atoms with Gasteiger partial charge >= 0.3 is 0 Å². The SMILES string of the molecule is C=CC(=C)CC(C=O)=CC. The van der Waals surface area contributed by atoms with Crippen LogP contribution in [0.4, 0.5) is 0 Å². The third kappa shape index (κ3) is 3.02. The van der Waals surface area contributed by atoms with Crippen molar-refractivity contribution in [1.82, 2.24) is 0 Å². The van der Waals surface area contributed by atoms with Gasteiger partial charge in [0, 0.05) is 0 Å². The average molecular weight is 136 g/mol. The zero-order valence-electron chi connectivity index (χ0n) is 6.26. The van der Waals surface area contributed by atoms with E-state index in [0.29, 0.717) is 6.42 Å². The van der Waals surface area contributed by atoms with Gasteiger partial charge in [0.25, 0.3) is 0 Å². The smallest absolute Gasteiger partial charge is 0.146 e. The Morgan fingerprint density at radius 3 is 2.50 bits per heavy atom. The summed E-state index contributed by atoms with van der Waals surface area (Å²) in [6, 6.07) is 0. The molecule has 0 radical (unpaired) electrons. The molecule has 0 rings (SSSR count). The summed E-state index contributed by atoms with van der Waals surface area (Å²) in [6.07, 6.45) is 4.90. The van der Waals surface area contributed by atoms with Crippen LogP contribution in [0.5, 0.6) is 0 Å². The van der Waals surface area contributed by atoms with Crippen molar-refractivity contribution in [2.24, 2.45) is 0 Å². The van der Waals surface area contributed by atoms with Crippen molar-refractivity contribution >= 4 is 6.29 Å². The quantitative estimate of drug-likeness (QED) is 0.329. The predicted molar refractivity (Wildman–Crippen MR) is 43.8 cm³/mol. The molecule has 0 spiro atoms. The molecule has 54 valence electrons. The Hall–Kier alpha value is -1.11. The molecule has 0 aliphatic carbocycles. The van der Waals surface area contributed by atoms with Crippen LogP contribution >= 0.6 is 0 Å². The largest absolute Gasteiger partial charge is 0.298 e. The molecule has 0 fully saturated rings. The van der Waals surface area contributed by atoms with Crippen molar-refractivity contribution in [3.05, 3.63) is 36.5 Å². The molecule has 0 aromatic rings. The molecule has 0 unspecified atom stereocenters. The fourth-order valence-electron chi connectivity index (χ4n) is 0.546. The maximum Gasteiger partial charge on any atom is 0.146 e. The van der Waals surface area contributed by atoms with Crippen LogP contribution in [-0.4, -0.2) is 6.29 Å². The van der Waals surface area contributed by atoms with Gasteiger partial charge < -0.3 is 0 Å². The van der Waals surface area contributed by atoms with Gasteiger partial charge in [-0.25, -0.2) is 0 Å². The van der Waals surface area contributed by atoms with E-state index in [9.17, 15) is 4.79 Å². The standard InChI is InChI=1S/C9H12O/c1-4-8(3)6-9(5-2)7-10/h4-5,7H,1,3,6H2,2H3. The zero-order valence-corrected chi connectivity index (χ0v) is 6.26. The van der Waals surface area contributed by atoms with E-state index in [-0.39, 0.29) is 0 Å². The molecule has 0 amide bonds. The van der Waals surface area contributed by atoms with Crippen molar-refractivity contribution in [3.63, 3.8) is 0 Å². The Bertz CT molecular complexity index is 175. The molecule has 0 aromatic carbocycles. The Labute approximate surface area is 61.8 Å². The van der Waals surface area contributed by atoms with E-state index >= 15 is 0 Å². The normalized spacial score (nSPS) is 10.7. The highest BCUT2D eigenvalue weighted by atomic mass is 16.1. The first-order valence-electron chi connectivity index (χ1n) is 3.15. The summed E-state index contributed by atoms with van der Waals surface area (Å²) < 4.78 is 0. The van der Waals surface area contributed by atoms with Crippen LogP contribution in [0.1, 0.15) is 13.3 Å². The number of allylic oxidation sites excluding steroid dienone is 4. The minimum absolute atomic E-state index is 0.615. The Morgan fingerprint density at radius 1 is 1.60 bits per heavy atom. The summed E-state index contributed by atoms with van der Waals surface area (Å²) in [5.41, 5.74) is 1.63. The highest BCUT2D eigenvalue weighted by Crippen LogP contribution is 2.06. The third-order valence-corrected chi connectivity index (χ3v) is 1.24. The van der Waals surface area contributed by atoms with Gasteiger partial charge in [0.05, 0.1) is 0 Å². The lowest BCUT2D eigenvalue weighted by Crippen LogP contribution is -1.84. The number of aldehydes is 1.